The molecular formula is C28H31N5O4. The lowest BCUT2D eigenvalue weighted by atomic mass is 9.93. The van der Waals surface area contributed by atoms with Crippen LogP contribution in [0.3, 0.4) is 0 Å². The van der Waals surface area contributed by atoms with E-state index in [1.54, 1.807) is 27.6 Å². The molecule has 2 N–H and O–H groups in total. The van der Waals surface area contributed by atoms with Crippen molar-refractivity contribution in [3.05, 3.63) is 75.7 Å². The van der Waals surface area contributed by atoms with Gasteiger partial charge in [0.15, 0.2) is 0 Å². The van der Waals surface area contributed by atoms with E-state index in [0.29, 0.717) is 53.7 Å². The van der Waals surface area contributed by atoms with Gasteiger partial charge in [-0.15, -0.1) is 0 Å². The van der Waals surface area contributed by atoms with Gasteiger partial charge in [-0.3, -0.25) is 9.59 Å². The van der Waals surface area contributed by atoms with Crippen LogP contribution in [0.15, 0.2) is 53.3 Å². The summed E-state index contributed by atoms with van der Waals surface area (Å²) in [4.78, 5) is 43.1. The Balaban J connectivity index is 1.47. The molecule has 2 aromatic heterocycles. The van der Waals surface area contributed by atoms with Crippen LogP contribution in [-0.2, 0) is 4.74 Å². The highest BCUT2D eigenvalue weighted by Crippen LogP contribution is 2.31. The smallest absolute Gasteiger partial charge is 0.410 e. The van der Waals surface area contributed by atoms with Gasteiger partial charge < -0.3 is 19.9 Å². The van der Waals surface area contributed by atoms with Crippen molar-refractivity contribution in [3.63, 3.8) is 0 Å². The number of hydrogen-bond donors (Lipinski definition) is 2. The van der Waals surface area contributed by atoms with Crippen molar-refractivity contribution in [3.8, 4) is 0 Å². The first kappa shape index (κ1) is 24.5. The molecule has 0 bridgehead atoms. The fraction of sp³-hybridized carbons (Fsp3) is 0.357. The van der Waals surface area contributed by atoms with Gasteiger partial charge in [0, 0.05) is 30.8 Å². The number of nitrogens with zero attached hydrogens (tertiary/aromatic N) is 3. The summed E-state index contributed by atoms with van der Waals surface area (Å²) in [5.41, 5.74) is 3.24. The van der Waals surface area contributed by atoms with Gasteiger partial charge in [-0.1, -0.05) is 18.2 Å². The van der Waals surface area contributed by atoms with Crippen molar-refractivity contribution in [1.82, 2.24) is 19.5 Å². The maximum atomic E-state index is 13.3. The van der Waals surface area contributed by atoms with E-state index in [1.807, 2.05) is 58.0 Å². The standard InChI is InChI=1S/C28H31N5O4/c1-17-7-5-8-19(15-17)29-26(35)20-9-6-10-21-24(20)25-30-23(34)16-22(33(25)31-21)18-11-13-32(14-12-18)27(36)37-28(2,3)4/h5-10,15-16,18H,11-14H2,1-4H3,(H,29,35)(H,30,34). The number of H-pyrrole nitrogens is 1. The number of fused-ring (bicyclic) bond motifs is 3. The molecule has 0 aliphatic carbocycles. The van der Waals surface area contributed by atoms with E-state index in [1.165, 1.54) is 0 Å². The SMILES string of the molecule is Cc1cccc(NC(=O)c2cccc3nn4c(C5CCN(C(=O)OC(C)(C)C)CC5)cc(=O)[nH]c4c23)c1. The number of rotatable bonds is 3. The van der Waals surface area contributed by atoms with Gasteiger partial charge in [0.1, 0.15) is 11.2 Å². The predicted octanol–water partition coefficient (Wildman–Crippen LogP) is 4.85. The molecule has 0 radical (unpaired) electrons. The van der Waals surface area contributed by atoms with Gasteiger partial charge in [-0.2, -0.15) is 5.10 Å². The first-order valence-electron chi connectivity index (χ1n) is 12.5. The number of likely N-dealkylation sites (tertiary alicyclic amines) is 1. The van der Waals surface area contributed by atoms with E-state index < -0.39 is 5.60 Å². The lowest BCUT2D eigenvalue weighted by Crippen LogP contribution is -2.41. The number of carbonyl (C=O) groups excluding carboxylic acids is 2. The molecule has 1 fully saturated rings. The van der Waals surface area contributed by atoms with Crippen LogP contribution in [-0.4, -0.2) is 50.2 Å². The Labute approximate surface area is 214 Å². The Morgan fingerprint density at radius 2 is 1.81 bits per heavy atom. The molecular weight excluding hydrogens is 470 g/mol. The summed E-state index contributed by atoms with van der Waals surface area (Å²) >= 11 is 0. The number of piperidine rings is 1. The van der Waals surface area contributed by atoms with Crippen LogP contribution in [0.25, 0.3) is 16.6 Å². The van der Waals surface area contributed by atoms with Crippen LogP contribution in [0.1, 0.15) is 61.1 Å². The number of aryl methyl sites for hydroxylation is 1. The fourth-order valence-electron chi connectivity index (χ4n) is 4.87. The second-order valence-corrected chi connectivity index (χ2v) is 10.6. The molecule has 4 aromatic rings. The third kappa shape index (κ3) is 5.07. The highest BCUT2D eigenvalue weighted by molar-refractivity contribution is 6.15. The van der Waals surface area contributed by atoms with Gasteiger partial charge >= 0.3 is 6.09 Å². The van der Waals surface area contributed by atoms with E-state index in [4.69, 9.17) is 9.84 Å². The predicted molar refractivity (Wildman–Crippen MR) is 142 cm³/mol. The quantitative estimate of drug-likeness (QED) is 0.417. The number of hydrogen-bond acceptors (Lipinski definition) is 5. The third-order valence-corrected chi connectivity index (χ3v) is 6.55. The minimum Gasteiger partial charge on any atom is -0.444 e. The van der Waals surface area contributed by atoms with E-state index in [-0.39, 0.29) is 23.5 Å². The number of anilines is 1. The lowest BCUT2D eigenvalue weighted by molar-refractivity contribution is 0.0203. The zero-order valence-electron chi connectivity index (χ0n) is 21.5. The number of nitrogens with one attached hydrogen (secondary N) is 2. The topological polar surface area (TPSA) is 109 Å². The lowest BCUT2D eigenvalue weighted by Gasteiger charge is -2.33. The first-order valence-corrected chi connectivity index (χ1v) is 12.5. The minimum atomic E-state index is -0.550. The summed E-state index contributed by atoms with van der Waals surface area (Å²) in [6.07, 6.45) is 1.03. The Hall–Kier alpha value is -4.14. The molecule has 9 heteroatoms. The highest BCUT2D eigenvalue weighted by atomic mass is 16.6. The molecule has 0 saturated carbocycles. The molecule has 1 saturated heterocycles. The van der Waals surface area contributed by atoms with Crippen LogP contribution in [0, 0.1) is 6.92 Å². The number of aromatic amines is 1. The second kappa shape index (κ2) is 9.38. The van der Waals surface area contributed by atoms with Gasteiger partial charge in [0.25, 0.3) is 11.5 Å². The summed E-state index contributed by atoms with van der Waals surface area (Å²) in [6.45, 7) is 8.57. The van der Waals surface area contributed by atoms with Gasteiger partial charge in [-0.25, -0.2) is 9.31 Å². The van der Waals surface area contributed by atoms with Crippen LogP contribution < -0.4 is 10.9 Å². The minimum absolute atomic E-state index is 0.0300. The molecule has 1 aliphatic heterocycles. The molecule has 9 nitrogen and oxygen atoms in total. The maximum absolute atomic E-state index is 13.3. The summed E-state index contributed by atoms with van der Waals surface area (Å²) < 4.78 is 7.25. The Bertz CT molecular complexity index is 1550. The fourth-order valence-corrected chi connectivity index (χ4v) is 4.87. The number of ether oxygens (including phenoxy) is 1. The van der Waals surface area contributed by atoms with Crippen molar-refractivity contribution in [1.29, 1.82) is 0 Å². The van der Waals surface area contributed by atoms with Crippen LogP contribution >= 0.6 is 0 Å². The van der Waals surface area contributed by atoms with Crippen molar-refractivity contribution >= 4 is 34.2 Å². The maximum Gasteiger partial charge on any atom is 0.410 e. The molecule has 0 spiro atoms. The summed E-state index contributed by atoms with van der Waals surface area (Å²) in [7, 11) is 0. The average Bonchev–Trinajstić information content (AvgIpc) is 3.21. The van der Waals surface area contributed by atoms with E-state index in [0.717, 1.165) is 11.3 Å². The first-order chi connectivity index (χ1) is 17.6. The monoisotopic (exact) mass is 501 g/mol. The third-order valence-electron chi connectivity index (χ3n) is 6.55. The molecule has 1 aliphatic rings. The van der Waals surface area contributed by atoms with Crippen LogP contribution in [0.2, 0.25) is 0 Å². The zero-order chi connectivity index (χ0) is 26.3. The molecule has 2 amide bonds. The summed E-state index contributed by atoms with van der Waals surface area (Å²) in [6, 6.07) is 14.5. The van der Waals surface area contributed by atoms with Gasteiger partial charge in [0.05, 0.1) is 22.2 Å². The van der Waals surface area contributed by atoms with Crippen LogP contribution in [0.4, 0.5) is 10.5 Å². The van der Waals surface area contributed by atoms with E-state index in [9.17, 15) is 14.4 Å². The summed E-state index contributed by atoms with van der Waals surface area (Å²) in [5, 5.41) is 8.31. The molecule has 0 atom stereocenters. The Morgan fingerprint density at radius 1 is 1.08 bits per heavy atom. The van der Waals surface area contributed by atoms with E-state index >= 15 is 0 Å². The van der Waals surface area contributed by atoms with E-state index in [2.05, 4.69) is 10.3 Å². The number of amides is 2. The van der Waals surface area contributed by atoms with Gasteiger partial charge in [0.2, 0.25) is 0 Å². The molecule has 2 aromatic carbocycles. The molecule has 5 rings (SSSR count). The highest BCUT2D eigenvalue weighted by Gasteiger charge is 2.29. The van der Waals surface area contributed by atoms with Crippen LogP contribution in [0.5, 0.6) is 0 Å². The van der Waals surface area contributed by atoms with Crippen molar-refractivity contribution in [2.24, 2.45) is 0 Å². The molecule has 0 unspecified atom stereocenters. The normalized spacial score (nSPS) is 14.8. The number of aromatic nitrogens is 3. The second-order valence-electron chi connectivity index (χ2n) is 10.6. The molecule has 3 heterocycles. The number of benzene rings is 2. The molecule has 192 valence electrons. The van der Waals surface area contributed by atoms with Gasteiger partial charge in [-0.05, 0) is 70.4 Å². The Kier molecular flexibility index (Phi) is 6.23. The van der Waals surface area contributed by atoms with Crippen molar-refractivity contribution in [2.75, 3.05) is 18.4 Å². The zero-order valence-corrected chi connectivity index (χ0v) is 21.5. The molecule has 37 heavy (non-hydrogen) atoms. The van der Waals surface area contributed by atoms with Crippen molar-refractivity contribution in [2.45, 2.75) is 52.1 Å². The summed E-state index contributed by atoms with van der Waals surface area (Å²) in [5.74, 6) is -0.245. The number of carbonyl (C=O) groups is 2. The average molecular weight is 502 g/mol. The largest absolute Gasteiger partial charge is 0.444 e. The Morgan fingerprint density at radius 3 is 2.51 bits per heavy atom. The van der Waals surface area contributed by atoms with Crippen molar-refractivity contribution < 1.29 is 14.3 Å².